The Bertz CT molecular complexity index is 448. The molecule has 1 aromatic carbocycles. The summed E-state index contributed by atoms with van der Waals surface area (Å²) in [6, 6.07) is 5.02. The van der Waals surface area contributed by atoms with Gasteiger partial charge in [0.1, 0.15) is 0 Å². The third-order valence-corrected chi connectivity index (χ3v) is 4.17. The second-order valence-corrected chi connectivity index (χ2v) is 6.42. The number of nitrogens with zero attached hydrogens (tertiary/aromatic N) is 1. The van der Waals surface area contributed by atoms with Crippen molar-refractivity contribution in [3.05, 3.63) is 35.4 Å². The van der Waals surface area contributed by atoms with Crippen LogP contribution >= 0.6 is 0 Å². The van der Waals surface area contributed by atoms with E-state index in [0.717, 1.165) is 0 Å². The van der Waals surface area contributed by atoms with Crippen molar-refractivity contribution in [2.75, 3.05) is 26.2 Å². The van der Waals surface area contributed by atoms with E-state index in [-0.39, 0.29) is 11.1 Å². The van der Waals surface area contributed by atoms with E-state index < -0.39 is 11.9 Å². The lowest BCUT2D eigenvalue weighted by Gasteiger charge is -2.38. The van der Waals surface area contributed by atoms with Crippen LogP contribution in [0.4, 0.5) is 0 Å². The molecule has 0 atom stereocenters. The molecule has 2 N–H and O–H groups in total. The molecular formula is C20H34NO4+. The molecule has 0 aliphatic carbocycles. The third kappa shape index (κ3) is 8.68. The number of aromatic carboxylic acids is 2. The van der Waals surface area contributed by atoms with Crippen molar-refractivity contribution in [1.82, 2.24) is 0 Å². The fourth-order valence-electron chi connectivity index (χ4n) is 3.32. The van der Waals surface area contributed by atoms with Crippen molar-refractivity contribution in [1.29, 1.82) is 0 Å². The van der Waals surface area contributed by atoms with Crippen LogP contribution in [0.2, 0.25) is 0 Å². The highest BCUT2D eigenvalue weighted by molar-refractivity contribution is 5.91. The van der Waals surface area contributed by atoms with E-state index in [4.69, 9.17) is 10.2 Å². The van der Waals surface area contributed by atoms with Crippen molar-refractivity contribution < 1.29 is 24.3 Å². The zero-order chi connectivity index (χ0) is 19.3. The summed E-state index contributed by atoms with van der Waals surface area (Å²) in [5, 5.41) is 16.9. The van der Waals surface area contributed by atoms with Gasteiger partial charge in [0.05, 0.1) is 37.3 Å². The number of carboxylic acid groups (broad SMARTS) is 2. The van der Waals surface area contributed by atoms with Crippen LogP contribution in [0.15, 0.2) is 24.3 Å². The van der Waals surface area contributed by atoms with Crippen molar-refractivity contribution in [3.63, 3.8) is 0 Å². The van der Waals surface area contributed by atoms with E-state index in [0.29, 0.717) is 0 Å². The van der Waals surface area contributed by atoms with E-state index in [1.54, 1.807) is 0 Å². The molecule has 0 heterocycles. The smallest absolute Gasteiger partial charge is 0.335 e. The van der Waals surface area contributed by atoms with Crippen molar-refractivity contribution in [2.45, 2.75) is 53.4 Å². The first kappa shape index (κ1) is 23.1. The van der Waals surface area contributed by atoms with Gasteiger partial charge in [-0.05, 0) is 49.9 Å². The van der Waals surface area contributed by atoms with Crippen LogP contribution in [0.25, 0.3) is 0 Å². The largest absolute Gasteiger partial charge is 0.478 e. The molecular weight excluding hydrogens is 318 g/mol. The van der Waals surface area contributed by atoms with Crippen molar-refractivity contribution in [3.8, 4) is 0 Å². The zero-order valence-corrected chi connectivity index (χ0v) is 16.1. The van der Waals surface area contributed by atoms with Gasteiger partial charge in [-0.2, -0.15) is 0 Å². The molecule has 0 aliphatic heterocycles. The standard InChI is InChI=1S/C12H28N.C8H6O4/c1-5-9-13(10-6-2,11-7-3)12-8-4;9-7(10)5-1-2-6(4-3-5)8(11)12/h5-12H2,1-4H3;1-4H,(H,9,10)(H,11,12)/q+1;. The van der Waals surface area contributed by atoms with Gasteiger partial charge in [0, 0.05) is 0 Å². The van der Waals surface area contributed by atoms with Crippen LogP contribution in [0, 0.1) is 0 Å². The summed E-state index contributed by atoms with van der Waals surface area (Å²) < 4.78 is 1.38. The molecule has 0 unspecified atom stereocenters. The molecule has 0 bridgehead atoms. The molecule has 0 aliphatic rings. The summed E-state index contributed by atoms with van der Waals surface area (Å²) in [6.07, 6.45) is 5.33. The molecule has 142 valence electrons. The van der Waals surface area contributed by atoms with Gasteiger partial charge < -0.3 is 14.7 Å². The molecule has 25 heavy (non-hydrogen) atoms. The second kappa shape index (κ2) is 12.5. The highest BCUT2D eigenvalue weighted by Crippen LogP contribution is 2.12. The lowest BCUT2D eigenvalue weighted by atomic mass is 10.1. The van der Waals surface area contributed by atoms with E-state index >= 15 is 0 Å². The molecule has 0 amide bonds. The molecule has 0 aromatic heterocycles. The molecule has 1 rings (SSSR count). The predicted molar refractivity (Wildman–Crippen MR) is 101 cm³/mol. The summed E-state index contributed by atoms with van der Waals surface area (Å²) in [7, 11) is 0. The third-order valence-electron chi connectivity index (χ3n) is 4.17. The number of carboxylic acids is 2. The van der Waals surface area contributed by atoms with Crippen LogP contribution in [-0.4, -0.2) is 52.8 Å². The first-order chi connectivity index (χ1) is 11.9. The van der Waals surface area contributed by atoms with Gasteiger partial charge in [-0.3, -0.25) is 0 Å². The number of quaternary nitrogens is 1. The molecule has 5 nitrogen and oxygen atoms in total. The van der Waals surface area contributed by atoms with Gasteiger partial charge in [0.15, 0.2) is 0 Å². The van der Waals surface area contributed by atoms with E-state index in [1.807, 2.05) is 0 Å². The fraction of sp³-hybridized carbons (Fsp3) is 0.600. The van der Waals surface area contributed by atoms with Crippen molar-refractivity contribution >= 4 is 11.9 Å². The second-order valence-electron chi connectivity index (χ2n) is 6.42. The minimum Gasteiger partial charge on any atom is -0.478 e. The Balaban J connectivity index is 0.000000462. The van der Waals surface area contributed by atoms with Crippen LogP contribution in [0.5, 0.6) is 0 Å². The zero-order valence-electron chi connectivity index (χ0n) is 16.1. The monoisotopic (exact) mass is 352 g/mol. The summed E-state index contributed by atoms with van der Waals surface area (Å²) in [4.78, 5) is 20.7. The number of rotatable bonds is 10. The fourth-order valence-corrected chi connectivity index (χ4v) is 3.32. The quantitative estimate of drug-likeness (QED) is 0.607. The topological polar surface area (TPSA) is 74.6 Å². The van der Waals surface area contributed by atoms with E-state index in [9.17, 15) is 9.59 Å². The lowest BCUT2D eigenvalue weighted by molar-refractivity contribution is -0.928. The Morgan fingerprint density at radius 1 is 0.680 bits per heavy atom. The molecule has 0 saturated heterocycles. The Kier molecular flexibility index (Phi) is 11.5. The highest BCUT2D eigenvalue weighted by atomic mass is 16.4. The predicted octanol–water partition coefficient (Wildman–Crippen LogP) is 4.53. The maximum atomic E-state index is 10.3. The summed E-state index contributed by atoms with van der Waals surface area (Å²) in [5.74, 6) is -2.13. The summed E-state index contributed by atoms with van der Waals surface area (Å²) >= 11 is 0. The Hall–Kier alpha value is -1.88. The first-order valence-electron chi connectivity index (χ1n) is 9.27. The minimum absolute atomic E-state index is 0.0833. The maximum Gasteiger partial charge on any atom is 0.335 e. The molecule has 0 radical (unpaired) electrons. The Morgan fingerprint density at radius 2 is 0.920 bits per heavy atom. The normalized spacial score (nSPS) is 10.7. The van der Waals surface area contributed by atoms with Gasteiger partial charge in [0.25, 0.3) is 0 Å². The first-order valence-corrected chi connectivity index (χ1v) is 9.27. The molecule has 5 heteroatoms. The van der Waals surface area contributed by atoms with Gasteiger partial charge in [0.2, 0.25) is 0 Å². The van der Waals surface area contributed by atoms with Crippen LogP contribution in [0.1, 0.15) is 74.1 Å². The Morgan fingerprint density at radius 3 is 1.08 bits per heavy atom. The van der Waals surface area contributed by atoms with Crippen molar-refractivity contribution in [2.24, 2.45) is 0 Å². The molecule has 0 spiro atoms. The highest BCUT2D eigenvalue weighted by Gasteiger charge is 2.22. The van der Waals surface area contributed by atoms with Crippen LogP contribution in [-0.2, 0) is 0 Å². The van der Waals surface area contributed by atoms with Crippen LogP contribution in [0.3, 0.4) is 0 Å². The minimum atomic E-state index is -1.06. The van der Waals surface area contributed by atoms with Gasteiger partial charge in [-0.15, -0.1) is 0 Å². The summed E-state index contributed by atoms with van der Waals surface area (Å²) in [6.45, 7) is 14.8. The summed E-state index contributed by atoms with van der Waals surface area (Å²) in [5.41, 5.74) is 0.167. The van der Waals surface area contributed by atoms with Gasteiger partial charge >= 0.3 is 11.9 Å². The number of hydrogen-bond acceptors (Lipinski definition) is 2. The van der Waals surface area contributed by atoms with E-state index in [1.165, 1.54) is 80.6 Å². The van der Waals surface area contributed by atoms with Gasteiger partial charge in [-0.1, -0.05) is 27.7 Å². The maximum absolute atomic E-state index is 10.3. The molecule has 1 aromatic rings. The number of hydrogen-bond donors (Lipinski definition) is 2. The average molecular weight is 352 g/mol. The average Bonchev–Trinajstić information content (AvgIpc) is 2.56. The van der Waals surface area contributed by atoms with Gasteiger partial charge in [-0.25, -0.2) is 9.59 Å². The number of carbonyl (C=O) groups is 2. The number of benzene rings is 1. The molecule has 0 fully saturated rings. The molecule has 0 saturated carbocycles. The van der Waals surface area contributed by atoms with Crippen LogP contribution < -0.4 is 0 Å². The Labute approximate surface area is 151 Å². The SMILES string of the molecule is CCC[N+](CCC)(CCC)CCC.O=C(O)c1ccc(C(=O)O)cc1. The van der Waals surface area contributed by atoms with E-state index in [2.05, 4.69) is 27.7 Å². The lowest BCUT2D eigenvalue weighted by Crippen LogP contribution is -2.50.